The molecule has 116 valence electrons. The zero-order chi connectivity index (χ0) is 14.2. The first-order chi connectivity index (χ1) is 9.31. The van der Waals surface area contributed by atoms with E-state index in [4.69, 9.17) is 14.2 Å². The Balaban J connectivity index is 3.10. The summed E-state index contributed by atoms with van der Waals surface area (Å²) in [6.45, 7) is 7.68. The Morgan fingerprint density at radius 1 is 0.684 bits per heavy atom. The minimum atomic E-state index is -0.526. The van der Waals surface area contributed by atoms with Gasteiger partial charge in [0.1, 0.15) is 6.10 Å². The quantitative estimate of drug-likeness (QED) is 0.467. The highest BCUT2D eigenvalue weighted by molar-refractivity contribution is 4.51. The lowest BCUT2D eigenvalue weighted by Gasteiger charge is -2.12. The van der Waals surface area contributed by atoms with Crippen molar-refractivity contribution in [3.8, 4) is 0 Å². The van der Waals surface area contributed by atoms with Gasteiger partial charge < -0.3 is 19.3 Å². The first-order valence-corrected chi connectivity index (χ1v) is 7.72. The third kappa shape index (κ3) is 15.8. The van der Waals surface area contributed by atoms with Crippen LogP contribution in [0.1, 0.15) is 52.4 Å². The molecule has 0 aliphatic heterocycles. The van der Waals surface area contributed by atoms with Crippen LogP contribution in [0.25, 0.3) is 0 Å². The largest absolute Gasteiger partial charge is 0.388 e. The smallest absolute Gasteiger partial charge is 0.101 e. The molecule has 1 atom stereocenters. The van der Waals surface area contributed by atoms with Gasteiger partial charge in [-0.05, 0) is 12.8 Å². The second-order valence-electron chi connectivity index (χ2n) is 4.83. The fraction of sp³-hybridized carbons (Fsp3) is 1.00. The minimum Gasteiger partial charge on any atom is -0.388 e. The molecule has 0 bridgehead atoms. The van der Waals surface area contributed by atoms with Crippen molar-refractivity contribution in [2.45, 2.75) is 58.5 Å². The average Bonchev–Trinajstić information content (AvgIpc) is 2.41. The van der Waals surface area contributed by atoms with E-state index < -0.39 is 6.10 Å². The van der Waals surface area contributed by atoms with Crippen LogP contribution in [0.15, 0.2) is 0 Å². The summed E-state index contributed by atoms with van der Waals surface area (Å²) in [5.41, 5.74) is 0. The summed E-state index contributed by atoms with van der Waals surface area (Å²) >= 11 is 0. The Hall–Kier alpha value is -0.160. The Kier molecular flexibility index (Phi) is 15.8. The second kappa shape index (κ2) is 15.9. The monoisotopic (exact) mass is 276 g/mol. The molecule has 0 fully saturated rings. The summed E-state index contributed by atoms with van der Waals surface area (Å²) in [5, 5.41) is 9.60. The number of hydrogen-bond donors (Lipinski definition) is 1. The fourth-order valence-electron chi connectivity index (χ4n) is 1.58. The van der Waals surface area contributed by atoms with Gasteiger partial charge in [-0.3, -0.25) is 0 Å². The Morgan fingerprint density at radius 2 is 1.26 bits per heavy atom. The molecule has 1 N–H and O–H groups in total. The van der Waals surface area contributed by atoms with Gasteiger partial charge in [-0.2, -0.15) is 0 Å². The second-order valence-corrected chi connectivity index (χ2v) is 4.83. The number of ether oxygens (including phenoxy) is 3. The molecule has 0 rings (SSSR count). The van der Waals surface area contributed by atoms with Crippen molar-refractivity contribution in [1.82, 2.24) is 0 Å². The van der Waals surface area contributed by atoms with E-state index in [1.807, 2.05) is 0 Å². The first-order valence-electron chi connectivity index (χ1n) is 7.72. The highest BCUT2D eigenvalue weighted by Crippen LogP contribution is 1.99. The summed E-state index contributed by atoms with van der Waals surface area (Å²) in [5.74, 6) is 0. The van der Waals surface area contributed by atoms with Crippen molar-refractivity contribution in [1.29, 1.82) is 0 Å². The van der Waals surface area contributed by atoms with Gasteiger partial charge >= 0.3 is 0 Å². The standard InChI is InChI=1S/C15H32O4/c1-3-5-7-8-10-18-13-15(16)14-19-12-11-17-9-6-4-2/h15-16H,3-14H2,1-2H3. The van der Waals surface area contributed by atoms with Crippen LogP contribution in [0.4, 0.5) is 0 Å². The Bertz CT molecular complexity index is 164. The first kappa shape index (κ1) is 18.8. The third-order valence-corrected chi connectivity index (χ3v) is 2.78. The van der Waals surface area contributed by atoms with E-state index in [1.165, 1.54) is 19.3 Å². The maximum atomic E-state index is 9.60. The molecule has 0 saturated heterocycles. The molecule has 0 saturated carbocycles. The maximum Gasteiger partial charge on any atom is 0.101 e. The van der Waals surface area contributed by atoms with E-state index in [0.29, 0.717) is 26.4 Å². The molecule has 0 spiro atoms. The fourth-order valence-corrected chi connectivity index (χ4v) is 1.58. The molecule has 4 nitrogen and oxygen atoms in total. The molecule has 0 heterocycles. The molecular formula is C15H32O4. The molecule has 0 aromatic rings. The number of rotatable bonds is 15. The van der Waals surface area contributed by atoms with Crippen molar-refractivity contribution < 1.29 is 19.3 Å². The normalized spacial score (nSPS) is 12.8. The number of aliphatic hydroxyl groups excluding tert-OH is 1. The summed E-state index contributed by atoms with van der Waals surface area (Å²) in [6.07, 6.45) is 6.49. The van der Waals surface area contributed by atoms with Gasteiger partial charge in [-0.25, -0.2) is 0 Å². The van der Waals surface area contributed by atoms with Gasteiger partial charge in [0.2, 0.25) is 0 Å². The van der Waals surface area contributed by atoms with Crippen molar-refractivity contribution in [2.75, 3.05) is 39.6 Å². The van der Waals surface area contributed by atoms with Gasteiger partial charge in [-0.15, -0.1) is 0 Å². The zero-order valence-electron chi connectivity index (χ0n) is 12.7. The molecule has 0 aliphatic rings. The van der Waals surface area contributed by atoms with Gasteiger partial charge in [0.05, 0.1) is 26.4 Å². The molecule has 19 heavy (non-hydrogen) atoms. The summed E-state index contributed by atoms with van der Waals surface area (Å²) in [6, 6.07) is 0. The van der Waals surface area contributed by atoms with Crippen LogP contribution in [0, 0.1) is 0 Å². The van der Waals surface area contributed by atoms with Crippen LogP contribution in [-0.4, -0.2) is 50.9 Å². The Labute approximate surface area is 118 Å². The average molecular weight is 276 g/mol. The lowest BCUT2D eigenvalue weighted by atomic mass is 10.2. The van der Waals surface area contributed by atoms with Gasteiger partial charge in [-0.1, -0.05) is 39.5 Å². The van der Waals surface area contributed by atoms with Crippen molar-refractivity contribution in [2.24, 2.45) is 0 Å². The summed E-state index contributed by atoms with van der Waals surface area (Å²) in [4.78, 5) is 0. The highest BCUT2D eigenvalue weighted by Gasteiger charge is 2.04. The topological polar surface area (TPSA) is 47.9 Å². The van der Waals surface area contributed by atoms with Crippen LogP contribution in [0.5, 0.6) is 0 Å². The third-order valence-electron chi connectivity index (χ3n) is 2.78. The minimum absolute atomic E-state index is 0.325. The van der Waals surface area contributed by atoms with E-state index in [-0.39, 0.29) is 0 Å². The van der Waals surface area contributed by atoms with E-state index in [2.05, 4.69) is 13.8 Å². The molecular weight excluding hydrogens is 244 g/mol. The zero-order valence-corrected chi connectivity index (χ0v) is 12.7. The summed E-state index contributed by atoms with van der Waals surface area (Å²) < 4.78 is 16.1. The van der Waals surface area contributed by atoms with Gasteiger partial charge in [0.15, 0.2) is 0 Å². The van der Waals surface area contributed by atoms with Crippen LogP contribution >= 0.6 is 0 Å². The molecule has 0 amide bonds. The van der Waals surface area contributed by atoms with E-state index in [0.717, 1.165) is 32.5 Å². The Morgan fingerprint density at radius 3 is 1.95 bits per heavy atom. The molecule has 0 aromatic heterocycles. The van der Waals surface area contributed by atoms with Crippen LogP contribution in [0.3, 0.4) is 0 Å². The molecule has 1 unspecified atom stereocenters. The lowest BCUT2D eigenvalue weighted by Crippen LogP contribution is -2.23. The van der Waals surface area contributed by atoms with Crippen LogP contribution in [-0.2, 0) is 14.2 Å². The number of hydrogen-bond acceptors (Lipinski definition) is 4. The predicted octanol–water partition coefficient (Wildman–Crippen LogP) is 2.78. The predicted molar refractivity (Wildman–Crippen MR) is 77.5 cm³/mol. The number of unbranched alkanes of at least 4 members (excludes halogenated alkanes) is 4. The van der Waals surface area contributed by atoms with E-state index >= 15 is 0 Å². The molecule has 0 aromatic carbocycles. The van der Waals surface area contributed by atoms with E-state index in [9.17, 15) is 5.11 Å². The van der Waals surface area contributed by atoms with E-state index in [1.54, 1.807) is 0 Å². The maximum absolute atomic E-state index is 9.60. The van der Waals surface area contributed by atoms with Crippen molar-refractivity contribution in [3.05, 3.63) is 0 Å². The van der Waals surface area contributed by atoms with Gasteiger partial charge in [0.25, 0.3) is 0 Å². The van der Waals surface area contributed by atoms with Crippen molar-refractivity contribution in [3.63, 3.8) is 0 Å². The lowest BCUT2D eigenvalue weighted by molar-refractivity contribution is -0.0325. The highest BCUT2D eigenvalue weighted by atomic mass is 16.5. The van der Waals surface area contributed by atoms with Gasteiger partial charge in [0, 0.05) is 13.2 Å². The number of aliphatic hydroxyl groups is 1. The SMILES string of the molecule is CCCCCCOCC(O)COCCOCCCC. The molecule has 0 radical (unpaired) electrons. The molecule has 4 heteroatoms. The van der Waals surface area contributed by atoms with Crippen molar-refractivity contribution >= 4 is 0 Å². The van der Waals surface area contributed by atoms with Crippen LogP contribution < -0.4 is 0 Å². The van der Waals surface area contributed by atoms with Crippen LogP contribution in [0.2, 0.25) is 0 Å². The summed E-state index contributed by atoms with van der Waals surface area (Å²) in [7, 11) is 0. The molecule has 0 aliphatic carbocycles.